The zero-order chi connectivity index (χ0) is 22.3. The summed E-state index contributed by atoms with van der Waals surface area (Å²) in [5, 5.41) is 6.60. The Hall–Kier alpha value is -2.45. The summed E-state index contributed by atoms with van der Waals surface area (Å²) >= 11 is 0. The van der Waals surface area contributed by atoms with Gasteiger partial charge in [-0.3, -0.25) is 0 Å². The smallest absolute Gasteiger partial charge is 0.243 e. The highest BCUT2D eigenvalue weighted by Gasteiger charge is 2.29. The van der Waals surface area contributed by atoms with Crippen LogP contribution in [0.25, 0.3) is 0 Å². The zero-order valence-corrected chi connectivity index (χ0v) is 19.0. The number of nitrogens with one attached hydrogen (secondary N) is 2. The van der Waals surface area contributed by atoms with Gasteiger partial charge in [0.15, 0.2) is 5.96 Å². The first-order valence-electron chi connectivity index (χ1n) is 10.7. The van der Waals surface area contributed by atoms with Crippen molar-refractivity contribution < 1.29 is 12.8 Å². The van der Waals surface area contributed by atoms with Crippen LogP contribution in [0.1, 0.15) is 30.9 Å². The van der Waals surface area contributed by atoms with E-state index >= 15 is 0 Å². The number of rotatable bonds is 7. The Kier molecular flexibility index (Phi) is 8.03. The molecular weight excluding hydrogens is 415 g/mol. The molecule has 0 amide bonds. The van der Waals surface area contributed by atoms with Crippen LogP contribution in [0.15, 0.2) is 58.4 Å². The van der Waals surface area contributed by atoms with Crippen LogP contribution in [0.3, 0.4) is 0 Å². The highest BCUT2D eigenvalue weighted by Crippen LogP contribution is 2.23. The number of aliphatic imine (C=N–C) groups is 1. The number of hydrogen-bond acceptors (Lipinski definition) is 3. The molecule has 1 aliphatic rings. The summed E-state index contributed by atoms with van der Waals surface area (Å²) in [6.07, 6.45) is 1.60. The summed E-state index contributed by atoms with van der Waals surface area (Å²) in [5.74, 6) is 0.876. The number of aryl methyl sites for hydroxylation is 1. The van der Waals surface area contributed by atoms with Crippen LogP contribution < -0.4 is 10.6 Å². The lowest BCUT2D eigenvalue weighted by Gasteiger charge is -2.31. The number of nitrogens with zero attached hydrogens (tertiary/aromatic N) is 2. The second kappa shape index (κ2) is 10.7. The van der Waals surface area contributed by atoms with Crippen LogP contribution >= 0.6 is 0 Å². The Balaban J connectivity index is 1.52. The Bertz CT molecular complexity index is 988. The van der Waals surface area contributed by atoms with E-state index in [0.717, 1.165) is 31.5 Å². The third-order valence-corrected chi connectivity index (χ3v) is 7.41. The van der Waals surface area contributed by atoms with Crippen molar-refractivity contribution in [3.8, 4) is 0 Å². The van der Waals surface area contributed by atoms with Gasteiger partial charge in [0, 0.05) is 26.2 Å². The number of halogens is 1. The van der Waals surface area contributed by atoms with Crippen LogP contribution in [-0.4, -0.2) is 44.9 Å². The van der Waals surface area contributed by atoms with E-state index in [1.807, 2.05) is 19.1 Å². The maximum Gasteiger partial charge on any atom is 0.243 e. The SMILES string of the molecule is CCNC(=NCc1ccc(F)c(C)c1)NCC1CCN(S(=O)(=O)c2ccccc2)CC1. The number of benzene rings is 2. The fraction of sp³-hybridized carbons (Fsp3) is 0.435. The van der Waals surface area contributed by atoms with Crippen LogP contribution in [0.2, 0.25) is 0 Å². The van der Waals surface area contributed by atoms with E-state index in [1.54, 1.807) is 41.6 Å². The predicted molar refractivity (Wildman–Crippen MR) is 122 cm³/mol. The number of sulfonamides is 1. The van der Waals surface area contributed by atoms with Gasteiger partial charge in [-0.2, -0.15) is 4.31 Å². The van der Waals surface area contributed by atoms with Crippen LogP contribution in [0, 0.1) is 18.7 Å². The number of hydrogen-bond donors (Lipinski definition) is 2. The van der Waals surface area contributed by atoms with Gasteiger partial charge in [0.25, 0.3) is 0 Å². The molecule has 0 aromatic heterocycles. The zero-order valence-electron chi connectivity index (χ0n) is 18.1. The summed E-state index contributed by atoms with van der Waals surface area (Å²) in [4.78, 5) is 4.95. The highest BCUT2D eigenvalue weighted by molar-refractivity contribution is 7.89. The van der Waals surface area contributed by atoms with E-state index in [4.69, 9.17) is 0 Å². The second-order valence-corrected chi connectivity index (χ2v) is 9.76. The quantitative estimate of drug-likeness (QED) is 0.506. The Labute approximate surface area is 184 Å². The molecule has 2 N–H and O–H groups in total. The summed E-state index contributed by atoms with van der Waals surface area (Å²) in [5.41, 5.74) is 1.57. The van der Waals surface area contributed by atoms with Gasteiger partial charge in [-0.1, -0.05) is 30.3 Å². The number of piperidine rings is 1. The molecule has 0 radical (unpaired) electrons. The highest BCUT2D eigenvalue weighted by atomic mass is 32.2. The van der Waals surface area contributed by atoms with E-state index < -0.39 is 10.0 Å². The molecule has 0 atom stereocenters. The van der Waals surface area contributed by atoms with Crippen molar-refractivity contribution in [2.45, 2.75) is 38.1 Å². The molecule has 8 heteroatoms. The molecule has 31 heavy (non-hydrogen) atoms. The van der Waals surface area contributed by atoms with E-state index in [2.05, 4.69) is 15.6 Å². The predicted octanol–water partition coefficient (Wildman–Crippen LogP) is 3.29. The standard InChI is InChI=1S/C23H31FN4O2S/c1-3-25-23(27-17-20-9-10-22(24)18(2)15-20)26-16-19-11-13-28(14-12-19)31(29,30)21-7-5-4-6-8-21/h4-10,15,19H,3,11-14,16-17H2,1-2H3,(H2,25,26,27). The van der Waals surface area contributed by atoms with Gasteiger partial charge in [-0.25, -0.2) is 17.8 Å². The molecule has 1 aliphatic heterocycles. The van der Waals surface area contributed by atoms with Crippen molar-refractivity contribution in [3.05, 3.63) is 65.5 Å². The Morgan fingerprint density at radius 1 is 1.13 bits per heavy atom. The lowest BCUT2D eigenvalue weighted by Crippen LogP contribution is -2.44. The molecule has 6 nitrogen and oxygen atoms in total. The summed E-state index contributed by atoms with van der Waals surface area (Å²) in [7, 11) is -3.42. The first kappa shape index (κ1) is 23.2. The summed E-state index contributed by atoms with van der Waals surface area (Å²) in [6.45, 7) is 6.72. The van der Waals surface area contributed by atoms with E-state index in [0.29, 0.717) is 42.0 Å². The first-order chi connectivity index (χ1) is 14.9. The summed E-state index contributed by atoms with van der Waals surface area (Å²) < 4.78 is 40.6. The monoisotopic (exact) mass is 446 g/mol. The molecule has 0 spiro atoms. The van der Waals surface area contributed by atoms with Gasteiger partial charge in [-0.15, -0.1) is 0 Å². The fourth-order valence-electron chi connectivity index (χ4n) is 3.65. The molecule has 3 rings (SSSR count). The number of guanidine groups is 1. The second-order valence-electron chi connectivity index (χ2n) is 7.82. The van der Waals surface area contributed by atoms with Crippen LogP contribution in [0.5, 0.6) is 0 Å². The minimum Gasteiger partial charge on any atom is -0.357 e. The lowest BCUT2D eigenvalue weighted by molar-refractivity contribution is 0.273. The van der Waals surface area contributed by atoms with Crippen molar-refractivity contribution in [1.82, 2.24) is 14.9 Å². The molecule has 1 saturated heterocycles. The van der Waals surface area contributed by atoms with Crippen molar-refractivity contribution in [2.24, 2.45) is 10.9 Å². The molecule has 1 heterocycles. The molecule has 0 unspecified atom stereocenters. The van der Waals surface area contributed by atoms with Gasteiger partial charge in [-0.05, 0) is 61.9 Å². The van der Waals surface area contributed by atoms with Crippen LogP contribution in [-0.2, 0) is 16.6 Å². The Morgan fingerprint density at radius 2 is 1.84 bits per heavy atom. The minimum atomic E-state index is -3.42. The van der Waals surface area contributed by atoms with Gasteiger partial charge in [0.1, 0.15) is 5.82 Å². The fourth-order valence-corrected chi connectivity index (χ4v) is 5.14. The molecule has 1 fully saturated rings. The first-order valence-corrected chi connectivity index (χ1v) is 12.2. The summed E-state index contributed by atoms with van der Waals surface area (Å²) in [6, 6.07) is 13.6. The van der Waals surface area contributed by atoms with Crippen LogP contribution in [0.4, 0.5) is 4.39 Å². The molecule has 2 aromatic rings. The molecule has 0 saturated carbocycles. The third-order valence-electron chi connectivity index (χ3n) is 5.50. The third kappa shape index (κ3) is 6.27. The van der Waals surface area contributed by atoms with E-state index in [1.165, 1.54) is 6.07 Å². The molecule has 168 valence electrons. The topological polar surface area (TPSA) is 73.8 Å². The van der Waals surface area contributed by atoms with Gasteiger partial charge >= 0.3 is 0 Å². The molecule has 0 aliphatic carbocycles. The lowest BCUT2D eigenvalue weighted by atomic mass is 9.98. The van der Waals surface area contributed by atoms with Crippen molar-refractivity contribution >= 4 is 16.0 Å². The largest absolute Gasteiger partial charge is 0.357 e. The minimum absolute atomic E-state index is 0.210. The molecule has 0 bridgehead atoms. The van der Waals surface area contributed by atoms with Gasteiger partial charge < -0.3 is 10.6 Å². The van der Waals surface area contributed by atoms with Crippen molar-refractivity contribution in [3.63, 3.8) is 0 Å². The molecular formula is C23H31FN4O2S. The van der Waals surface area contributed by atoms with Crippen molar-refractivity contribution in [1.29, 1.82) is 0 Å². The molecule has 2 aromatic carbocycles. The van der Waals surface area contributed by atoms with E-state index in [-0.39, 0.29) is 5.82 Å². The van der Waals surface area contributed by atoms with Gasteiger partial charge in [0.05, 0.1) is 11.4 Å². The normalized spacial score (nSPS) is 16.3. The van der Waals surface area contributed by atoms with Crippen molar-refractivity contribution in [2.75, 3.05) is 26.2 Å². The Morgan fingerprint density at radius 3 is 2.48 bits per heavy atom. The van der Waals surface area contributed by atoms with E-state index in [9.17, 15) is 12.8 Å². The maximum atomic E-state index is 13.4. The van der Waals surface area contributed by atoms with Gasteiger partial charge in [0.2, 0.25) is 10.0 Å². The average Bonchev–Trinajstić information content (AvgIpc) is 2.79. The maximum absolute atomic E-state index is 13.4. The average molecular weight is 447 g/mol.